The van der Waals surface area contributed by atoms with Gasteiger partial charge in [0, 0.05) is 6.42 Å². The molecule has 1 saturated heterocycles. The number of rotatable bonds is 2. The Hall–Kier alpha value is -0.570. The van der Waals surface area contributed by atoms with E-state index in [-0.39, 0.29) is 0 Å². The van der Waals surface area contributed by atoms with Crippen molar-refractivity contribution in [3.63, 3.8) is 0 Å². The Balaban J connectivity index is 0. The molecule has 0 aromatic heterocycles. The van der Waals surface area contributed by atoms with Crippen molar-refractivity contribution in [2.45, 2.75) is 47.0 Å². The maximum atomic E-state index is 10.3. The van der Waals surface area contributed by atoms with Crippen molar-refractivity contribution in [1.82, 2.24) is 4.90 Å². The summed E-state index contributed by atoms with van der Waals surface area (Å²) < 4.78 is 0. The van der Waals surface area contributed by atoms with E-state index < -0.39 is 5.97 Å². The van der Waals surface area contributed by atoms with Gasteiger partial charge < -0.3 is 10.0 Å². The first-order valence-electron chi connectivity index (χ1n) is 6.09. The molecule has 15 heavy (non-hydrogen) atoms. The van der Waals surface area contributed by atoms with Crippen LogP contribution in [0.1, 0.15) is 47.0 Å². The standard InChI is InChI=1S/C8H15NO2.2C2H6/c1-9-4-2-7(3-5-9)6-8(10)11;2*1-2/h7H,2-6H2,1H3,(H,10,11);2*1-2H3. The van der Waals surface area contributed by atoms with E-state index in [0.29, 0.717) is 12.3 Å². The van der Waals surface area contributed by atoms with Crippen molar-refractivity contribution in [3.8, 4) is 0 Å². The lowest BCUT2D eigenvalue weighted by atomic mass is 9.94. The predicted molar refractivity (Wildman–Crippen MR) is 65.2 cm³/mol. The van der Waals surface area contributed by atoms with Crippen LogP contribution in [0.3, 0.4) is 0 Å². The number of likely N-dealkylation sites (tertiary alicyclic amines) is 1. The summed E-state index contributed by atoms with van der Waals surface area (Å²) in [7, 11) is 2.08. The lowest BCUT2D eigenvalue weighted by Crippen LogP contribution is -2.31. The number of hydrogen-bond acceptors (Lipinski definition) is 2. The molecule has 0 aromatic rings. The molecule has 1 N–H and O–H groups in total. The quantitative estimate of drug-likeness (QED) is 0.773. The number of carboxylic acid groups (broad SMARTS) is 1. The third-order valence-electron chi connectivity index (χ3n) is 2.30. The Labute approximate surface area is 94.5 Å². The Morgan fingerprint density at radius 2 is 1.60 bits per heavy atom. The van der Waals surface area contributed by atoms with Gasteiger partial charge >= 0.3 is 5.97 Å². The van der Waals surface area contributed by atoms with Crippen molar-refractivity contribution < 1.29 is 9.90 Å². The molecular weight excluding hydrogens is 190 g/mol. The molecule has 0 aromatic carbocycles. The van der Waals surface area contributed by atoms with Crippen molar-refractivity contribution in [2.24, 2.45) is 5.92 Å². The van der Waals surface area contributed by atoms with E-state index in [2.05, 4.69) is 11.9 Å². The van der Waals surface area contributed by atoms with Crippen molar-refractivity contribution in [1.29, 1.82) is 0 Å². The van der Waals surface area contributed by atoms with Gasteiger partial charge in [0.1, 0.15) is 0 Å². The first-order chi connectivity index (χ1) is 7.18. The highest BCUT2D eigenvalue weighted by molar-refractivity contribution is 5.67. The molecule has 3 heteroatoms. The molecule has 1 fully saturated rings. The number of nitrogens with zero attached hydrogens (tertiary/aromatic N) is 1. The van der Waals surface area contributed by atoms with Crippen molar-refractivity contribution in [3.05, 3.63) is 0 Å². The van der Waals surface area contributed by atoms with Crippen molar-refractivity contribution in [2.75, 3.05) is 20.1 Å². The Bertz CT molecular complexity index is 141. The van der Waals surface area contributed by atoms with Gasteiger partial charge in [0.25, 0.3) is 0 Å². The molecule has 1 aliphatic heterocycles. The molecule has 0 unspecified atom stereocenters. The van der Waals surface area contributed by atoms with E-state index >= 15 is 0 Å². The van der Waals surface area contributed by atoms with Crippen LogP contribution in [0.15, 0.2) is 0 Å². The molecule has 1 heterocycles. The summed E-state index contributed by atoms with van der Waals surface area (Å²) in [5.74, 6) is -0.233. The van der Waals surface area contributed by atoms with Crippen LogP contribution in [0, 0.1) is 5.92 Å². The molecule has 0 radical (unpaired) electrons. The second-order valence-electron chi connectivity index (χ2n) is 3.34. The van der Waals surface area contributed by atoms with E-state index in [1.165, 1.54) is 0 Å². The van der Waals surface area contributed by atoms with Gasteiger partial charge in [-0.2, -0.15) is 0 Å². The van der Waals surface area contributed by atoms with Crippen LogP contribution in [0.5, 0.6) is 0 Å². The Morgan fingerprint density at radius 1 is 1.20 bits per heavy atom. The average molecular weight is 217 g/mol. The lowest BCUT2D eigenvalue weighted by Gasteiger charge is -2.27. The average Bonchev–Trinajstić information content (AvgIpc) is 2.27. The molecule has 0 saturated carbocycles. The van der Waals surface area contributed by atoms with Crippen LogP contribution in [-0.2, 0) is 4.79 Å². The van der Waals surface area contributed by atoms with Gasteiger partial charge in [-0.3, -0.25) is 4.79 Å². The molecule has 1 aliphatic rings. The summed E-state index contributed by atoms with van der Waals surface area (Å²) in [4.78, 5) is 12.6. The van der Waals surface area contributed by atoms with Gasteiger partial charge in [-0.25, -0.2) is 0 Å². The van der Waals surface area contributed by atoms with Gasteiger partial charge in [-0.1, -0.05) is 27.7 Å². The Kier molecular flexibility index (Phi) is 12.9. The normalized spacial score (nSPS) is 16.9. The first kappa shape index (κ1) is 16.8. The second-order valence-corrected chi connectivity index (χ2v) is 3.34. The van der Waals surface area contributed by atoms with E-state index in [1.54, 1.807) is 0 Å². The van der Waals surface area contributed by atoms with Gasteiger partial charge in [-0.05, 0) is 38.9 Å². The number of aliphatic carboxylic acids is 1. The fraction of sp³-hybridized carbons (Fsp3) is 0.917. The third-order valence-corrected chi connectivity index (χ3v) is 2.30. The molecule has 0 bridgehead atoms. The Morgan fingerprint density at radius 3 is 1.93 bits per heavy atom. The largest absolute Gasteiger partial charge is 0.481 e. The number of carbonyl (C=O) groups is 1. The number of piperidine rings is 1. The highest BCUT2D eigenvalue weighted by Gasteiger charge is 2.18. The molecule has 0 atom stereocenters. The summed E-state index contributed by atoms with van der Waals surface area (Å²) in [6, 6.07) is 0. The smallest absolute Gasteiger partial charge is 0.303 e. The van der Waals surface area contributed by atoms with Crippen LogP contribution in [0.25, 0.3) is 0 Å². The van der Waals surface area contributed by atoms with Gasteiger partial charge in [-0.15, -0.1) is 0 Å². The summed E-state index contributed by atoms with van der Waals surface area (Å²) in [5.41, 5.74) is 0. The lowest BCUT2D eigenvalue weighted by molar-refractivity contribution is -0.138. The van der Waals surface area contributed by atoms with E-state index in [9.17, 15) is 4.79 Å². The third kappa shape index (κ3) is 9.73. The molecule has 0 aliphatic carbocycles. The zero-order chi connectivity index (χ0) is 12.3. The first-order valence-corrected chi connectivity index (χ1v) is 6.09. The minimum Gasteiger partial charge on any atom is -0.481 e. The zero-order valence-corrected chi connectivity index (χ0v) is 10.9. The van der Waals surface area contributed by atoms with E-state index in [1.807, 2.05) is 27.7 Å². The summed E-state index contributed by atoms with van der Waals surface area (Å²) in [5, 5.41) is 8.52. The SMILES string of the molecule is CC.CC.CN1CCC(CC(=O)O)CC1. The number of carboxylic acids is 1. The molecule has 0 spiro atoms. The number of hydrogen-bond donors (Lipinski definition) is 1. The van der Waals surface area contributed by atoms with Crippen LogP contribution >= 0.6 is 0 Å². The summed E-state index contributed by atoms with van der Waals surface area (Å²) in [6.45, 7) is 10.1. The fourth-order valence-electron chi connectivity index (χ4n) is 1.51. The van der Waals surface area contributed by atoms with Crippen LogP contribution < -0.4 is 0 Å². The van der Waals surface area contributed by atoms with Crippen LogP contribution in [0.2, 0.25) is 0 Å². The minimum atomic E-state index is -0.653. The zero-order valence-electron chi connectivity index (χ0n) is 10.9. The summed E-state index contributed by atoms with van der Waals surface area (Å²) >= 11 is 0. The molecule has 92 valence electrons. The minimum absolute atomic E-state index is 0.355. The van der Waals surface area contributed by atoms with E-state index in [0.717, 1.165) is 25.9 Å². The monoisotopic (exact) mass is 217 g/mol. The van der Waals surface area contributed by atoms with E-state index in [4.69, 9.17) is 5.11 Å². The van der Waals surface area contributed by atoms with Crippen LogP contribution in [0.4, 0.5) is 0 Å². The second kappa shape index (κ2) is 11.5. The highest BCUT2D eigenvalue weighted by Crippen LogP contribution is 2.18. The molecular formula is C12H27NO2. The van der Waals surface area contributed by atoms with Gasteiger partial charge in [0.2, 0.25) is 0 Å². The molecule has 3 nitrogen and oxygen atoms in total. The predicted octanol–water partition coefficient (Wildman–Crippen LogP) is 2.86. The highest BCUT2D eigenvalue weighted by atomic mass is 16.4. The maximum Gasteiger partial charge on any atom is 0.303 e. The maximum absolute atomic E-state index is 10.3. The summed E-state index contributed by atoms with van der Waals surface area (Å²) in [6.07, 6.45) is 2.44. The molecule has 1 rings (SSSR count). The topological polar surface area (TPSA) is 40.5 Å². The van der Waals surface area contributed by atoms with Gasteiger partial charge in [0.15, 0.2) is 0 Å². The fourth-order valence-corrected chi connectivity index (χ4v) is 1.51. The van der Waals surface area contributed by atoms with Crippen LogP contribution in [-0.4, -0.2) is 36.1 Å². The van der Waals surface area contributed by atoms with Crippen molar-refractivity contribution >= 4 is 5.97 Å². The molecule has 0 amide bonds. The van der Waals surface area contributed by atoms with Gasteiger partial charge in [0.05, 0.1) is 0 Å².